The summed E-state index contributed by atoms with van der Waals surface area (Å²) in [6.45, 7) is 7.92. The van der Waals surface area contributed by atoms with Gasteiger partial charge in [0.2, 0.25) is 0 Å². The number of esters is 1. The molecule has 1 unspecified atom stereocenters. The number of aryl methyl sites for hydroxylation is 1. The molecule has 1 aromatic rings. The Kier molecular flexibility index (Phi) is 3.48. The molecule has 0 N–H and O–H groups in total. The van der Waals surface area contributed by atoms with Gasteiger partial charge in [-0.25, -0.2) is 4.98 Å². The van der Waals surface area contributed by atoms with E-state index in [-0.39, 0.29) is 17.4 Å². The van der Waals surface area contributed by atoms with E-state index in [9.17, 15) is 4.79 Å². The highest BCUT2D eigenvalue weighted by Crippen LogP contribution is 2.43. The number of rotatable bonds is 3. The topological polar surface area (TPSA) is 42.4 Å². The molecule has 110 valence electrons. The van der Waals surface area contributed by atoms with Gasteiger partial charge in [0, 0.05) is 17.0 Å². The summed E-state index contributed by atoms with van der Waals surface area (Å²) in [6.07, 6.45) is 4.25. The first-order chi connectivity index (χ1) is 9.53. The zero-order valence-corrected chi connectivity index (χ0v) is 13.3. The molecular formula is C15H22N2O2S. The van der Waals surface area contributed by atoms with E-state index in [1.165, 1.54) is 17.7 Å². The average Bonchev–Trinajstić information content (AvgIpc) is 3.01. The lowest BCUT2D eigenvalue weighted by molar-refractivity contribution is -0.145. The second-order valence-electron chi connectivity index (χ2n) is 6.22. The Balaban J connectivity index is 1.85. The monoisotopic (exact) mass is 294 g/mol. The van der Waals surface area contributed by atoms with Crippen molar-refractivity contribution in [2.45, 2.75) is 57.9 Å². The first-order valence-corrected chi connectivity index (χ1v) is 8.28. The molecule has 1 saturated heterocycles. The second-order valence-corrected chi connectivity index (χ2v) is 7.28. The lowest BCUT2D eigenvalue weighted by Crippen LogP contribution is -2.38. The predicted octanol–water partition coefficient (Wildman–Crippen LogP) is 3.11. The summed E-state index contributed by atoms with van der Waals surface area (Å²) in [5.74, 6) is -0.246. The maximum Gasteiger partial charge on any atom is 0.315 e. The maximum absolute atomic E-state index is 12.0. The van der Waals surface area contributed by atoms with Crippen LogP contribution in [0.15, 0.2) is 0 Å². The molecule has 0 saturated carbocycles. The zero-order chi connectivity index (χ0) is 14.3. The molecule has 1 atom stereocenters. The number of fused-ring (bicyclic) bond motifs is 1. The van der Waals surface area contributed by atoms with E-state index in [0.717, 1.165) is 30.2 Å². The Labute approximate surface area is 124 Å². The first-order valence-electron chi connectivity index (χ1n) is 7.47. The van der Waals surface area contributed by atoms with Crippen molar-refractivity contribution in [2.75, 3.05) is 18.1 Å². The standard InChI is InChI=1S/C15H22N2O2S/c1-4-19-13(18)10-6-7-11-12(10)16-14(20-11)17-9-5-8-15(17,2)3/h10H,4-9H2,1-3H3. The summed E-state index contributed by atoms with van der Waals surface area (Å²) < 4.78 is 5.17. The van der Waals surface area contributed by atoms with Crippen LogP contribution < -0.4 is 4.90 Å². The second kappa shape index (κ2) is 5.02. The molecule has 5 heteroatoms. The van der Waals surface area contributed by atoms with Crippen molar-refractivity contribution in [3.63, 3.8) is 0 Å². The van der Waals surface area contributed by atoms with E-state index in [2.05, 4.69) is 18.7 Å². The molecule has 0 amide bonds. The van der Waals surface area contributed by atoms with Gasteiger partial charge in [0.1, 0.15) is 5.92 Å². The van der Waals surface area contributed by atoms with Gasteiger partial charge in [0.05, 0.1) is 12.3 Å². The molecule has 3 rings (SSSR count). The predicted molar refractivity (Wildman–Crippen MR) is 80.5 cm³/mol. The van der Waals surface area contributed by atoms with E-state index < -0.39 is 0 Å². The molecule has 0 spiro atoms. The number of ether oxygens (including phenoxy) is 1. The van der Waals surface area contributed by atoms with Crippen LogP contribution >= 0.6 is 11.3 Å². The average molecular weight is 294 g/mol. The Bertz CT molecular complexity index is 524. The molecule has 20 heavy (non-hydrogen) atoms. The normalized spacial score (nSPS) is 23.9. The van der Waals surface area contributed by atoms with Gasteiger partial charge in [-0.15, -0.1) is 11.3 Å². The minimum atomic E-state index is -0.138. The van der Waals surface area contributed by atoms with Gasteiger partial charge in [-0.1, -0.05) is 0 Å². The Hall–Kier alpha value is -1.10. The Morgan fingerprint density at radius 2 is 2.35 bits per heavy atom. The van der Waals surface area contributed by atoms with Crippen molar-refractivity contribution < 1.29 is 9.53 Å². The Morgan fingerprint density at radius 3 is 3.00 bits per heavy atom. The molecule has 1 aliphatic heterocycles. The fourth-order valence-electron chi connectivity index (χ4n) is 3.26. The molecule has 2 aliphatic rings. The molecule has 0 radical (unpaired) electrons. The van der Waals surface area contributed by atoms with Crippen molar-refractivity contribution >= 4 is 22.4 Å². The third kappa shape index (κ3) is 2.22. The van der Waals surface area contributed by atoms with Crippen LogP contribution in [0.5, 0.6) is 0 Å². The van der Waals surface area contributed by atoms with Crippen LogP contribution in [-0.2, 0) is 16.0 Å². The molecule has 1 aliphatic carbocycles. The van der Waals surface area contributed by atoms with Gasteiger partial charge in [-0.05, 0) is 46.5 Å². The third-order valence-corrected chi connectivity index (χ3v) is 5.56. The molecule has 4 nitrogen and oxygen atoms in total. The summed E-state index contributed by atoms with van der Waals surface area (Å²) in [5, 5.41) is 1.09. The highest BCUT2D eigenvalue weighted by molar-refractivity contribution is 7.15. The number of hydrogen-bond acceptors (Lipinski definition) is 5. The summed E-state index contributed by atoms with van der Waals surface area (Å²) in [6, 6.07) is 0. The molecule has 1 fully saturated rings. The van der Waals surface area contributed by atoms with Crippen LogP contribution in [-0.4, -0.2) is 29.6 Å². The minimum absolute atomic E-state index is 0.108. The van der Waals surface area contributed by atoms with Gasteiger partial charge in [-0.3, -0.25) is 4.79 Å². The van der Waals surface area contributed by atoms with Crippen LogP contribution in [0.2, 0.25) is 0 Å². The third-order valence-electron chi connectivity index (χ3n) is 4.41. The number of aromatic nitrogens is 1. The smallest absolute Gasteiger partial charge is 0.315 e. The first kappa shape index (κ1) is 13.9. The number of anilines is 1. The van der Waals surface area contributed by atoms with Gasteiger partial charge in [-0.2, -0.15) is 0 Å². The molecular weight excluding hydrogens is 272 g/mol. The largest absolute Gasteiger partial charge is 0.465 e. The summed E-state index contributed by atoms with van der Waals surface area (Å²) in [7, 11) is 0. The van der Waals surface area contributed by atoms with Crippen LogP contribution in [0.3, 0.4) is 0 Å². The van der Waals surface area contributed by atoms with Gasteiger partial charge >= 0.3 is 5.97 Å². The van der Waals surface area contributed by atoms with E-state index >= 15 is 0 Å². The Morgan fingerprint density at radius 1 is 1.55 bits per heavy atom. The lowest BCUT2D eigenvalue weighted by Gasteiger charge is -2.31. The highest BCUT2D eigenvalue weighted by Gasteiger charge is 2.38. The molecule has 2 heterocycles. The lowest BCUT2D eigenvalue weighted by atomic mass is 10.0. The van der Waals surface area contributed by atoms with E-state index in [4.69, 9.17) is 9.72 Å². The summed E-state index contributed by atoms with van der Waals surface area (Å²) >= 11 is 1.77. The zero-order valence-electron chi connectivity index (χ0n) is 12.4. The van der Waals surface area contributed by atoms with Crippen LogP contribution in [0.25, 0.3) is 0 Å². The van der Waals surface area contributed by atoms with Gasteiger partial charge in [0.15, 0.2) is 5.13 Å². The summed E-state index contributed by atoms with van der Waals surface area (Å²) in [5.41, 5.74) is 1.16. The van der Waals surface area contributed by atoms with Crippen LogP contribution in [0.4, 0.5) is 5.13 Å². The number of hydrogen-bond donors (Lipinski definition) is 0. The highest BCUT2D eigenvalue weighted by atomic mass is 32.1. The maximum atomic E-state index is 12.0. The number of carbonyl (C=O) groups is 1. The minimum Gasteiger partial charge on any atom is -0.465 e. The van der Waals surface area contributed by atoms with Crippen molar-refractivity contribution in [1.82, 2.24) is 4.98 Å². The summed E-state index contributed by atoms with van der Waals surface area (Å²) in [4.78, 5) is 20.5. The van der Waals surface area contributed by atoms with E-state index in [1.54, 1.807) is 11.3 Å². The van der Waals surface area contributed by atoms with Crippen LogP contribution in [0, 0.1) is 0 Å². The number of carbonyl (C=O) groups excluding carboxylic acids is 1. The van der Waals surface area contributed by atoms with Gasteiger partial charge < -0.3 is 9.64 Å². The SMILES string of the molecule is CCOC(=O)C1CCc2sc(N3CCCC3(C)C)nc21. The quantitative estimate of drug-likeness (QED) is 0.803. The van der Waals surface area contributed by atoms with Crippen molar-refractivity contribution in [1.29, 1.82) is 0 Å². The molecule has 0 bridgehead atoms. The number of nitrogens with zero attached hydrogens (tertiary/aromatic N) is 2. The van der Waals surface area contributed by atoms with Crippen molar-refractivity contribution in [2.24, 2.45) is 0 Å². The molecule has 0 aromatic carbocycles. The van der Waals surface area contributed by atoms with E-state index in [1.807, 2.05) is 6.92 Å². The molecule has 1 aromatic heterocycles. The fourth-order valence-corrected chi connectivity index (χ4v) is 4.59. The number of thiazole rings is 1. The van der Waals surface area contributed by atoms with Gasteiger partial charge in [0.25, 0.3) is 0 Å². The van der Waals surface area contributed by atoms with Crippen LogP contribution in [0.1, 0.15) is 56.5 Å². The van der Waals surface area contributed by atoms with E-state index in [0.29, 0.717) is 6.61 Å². The fraction of sp³-hybridized carbons (Fsp3) is 0.733. The van der Waals surface area contributed by atoms with Crippen molar-refractivity contribution in [3.8, 4) is 0 Å². The van der Waals surface area contributed by atoms with Crippen molar-refractivity contribution in [3.05, 3.63) is 10.6 Å².